The Morgan fingerprint density at radius 3 is 2.86 bits per heavy atom. The SMILES string of the molecule is CNS(=O)(=O)c1csc(C(=O)N2CCCC[C@H]2[C@H](C)N)c1. The summed E-state index contributed by atoms with van der Waals surface area (Å²) in [7, 11) is -2.15. The lowest BCUT2D eigenvalue weighted by Crippen LogP contribution is -2.51. The van der Waals surface area contributed by atoms with Crippen LogP contribution in [0.1, 0.15) is 35.9 Å². The van der Waals surface area contributed by atoms with Gasteiger partial charge in [-0.1, -0.05) is 0 Å². The average Bonchev–Trinajstić information content (AvgIpc) is 2.97. The molecular formula is C13H21N3O3S2. The molecule has 6 nitrogen and oxygen atoms in total. The van der Waals surface area contributed by atoms with Gasteiger partial charge in [-0.15, -0.1) is 11.3 Å². The number of sulfonamides is 1. The molecule has 2 rings (SSSR count). The number of nitrogens with one attached hydrogen (secondary N) is 1. The summed E-state index contributed by atoms with van der Waals surface area (Å²) in [6.07, 6.45) is 2.93. The van der Waals surface area contributed by atoms with Crippen molar-refractivity contribution >= 4 is 27.3 Å². The van der Waals surface area contributed by atoms with E-state index in [1.165, 1.54) is 18.5 Å². The Balaban J connectivity index is 2.23. The third-order valence-electron chi connectivity index (χ3n) is 3.78. The van der Waals surface area contributed by atoms with E-state index in [1.807, 2.05) is 6.92 Å². The fourth-order valence-corrected chi connectivity index (χ4v) is 4.55. The zero-order chi connectivity index (χ0) is 15.6. The number of amides is 1. The molecule has 1 fully saturated rings. The van der Waals surface area contributed by atoms with E-state index in [2.05, 4.69) is 4.72 Å². The number of hydrogen-bond donors (Lipinski definition) is 2. The molecule has 1 saturated heterocycles. The van der Waals surface area contributed by atoms with Crippen molar-refractivity contribution in [2.24, 2.45) is 5.73 Å². The first-order valence-electron chi connectivity index (χ1n) is 6.95. The first-order valence-corrected chi connectivity index (χ1v) is 9.31. The Morgan fingerprint density at radius 2 is 2.24 bits per heavy atom. The molecule has 1 aromatic rings. The van der Waals surface area contributed by atoms with Gasteiger partial charge in [0.05, 0.1) is 9.77 Å². The summed E-state index contributed by atoms with van der Waals surface area (Å²) < 4.78 is 25.7. The van der Waals surface area contributed by atoms with Gasteiger partial charge in [0, 0.05) is 24.0 Å². The molecule has 1 aromatic heterocycles. The van der Waals surface area contributed by atoms with Crippen LogP contribution in [0.15, 0.2) is 16.3 Å². The quantitative estimate of drug-likeness (QED) is 0.861. The van der Waals surface area contributed by atoms with E-state index in [1.54, 1.807) is 4.90 Å². The van der Waals surface area contributed by atoms with Crippen molar-refractivity contribution in [1.29, 1.82) is 0 Å². The van der Waals surface area contributed by atoms with E-state index in [-0.39, 0.29) is 22.9 Å². The van der Waals surface area contributed by atoms with Crippen LogP contribution in [-0.4, -0.2) is 44.9 Å². The first-order chi connectivity index (χ1) is 9.86. The normalized spacial score (nSPS) is 21.3. The van der Waals surface area contributed by atoms with Gasteiger partial charge in [0.2, 0.25) is 10.0 Å². The average molecular weight is 331 g/mol. The molecule has 1 aliphatic rings. The van der Waals surface area contributed by atoms with Crippen molar-refractivity contribution in [3.8, 4) is 0 Å². The predicted molar refractivity (Wildman–Crippen MR) is 82.9 cm³/mol. The fraction of sp³-hybridized carbons (Fsp3) is 0.615. The lowest BCUT2D eigenvalue weighted by Gasteiger charge is -2.37. The van der Waals surface area contributed by atoms with Crippen molar-refractivity contribution in [3.63, 3.8) is 0 Å². The molecule has 1 aliphatic heterocycles. The largest absolute Gasteiger partial charge is 0.333 e. The van der Waals surface area contributed by atoms with Crippen molar-refractivity contribution in [2.45, 2.75) is 43.2 Å². The maximum Gasteiger partial charge on any atom is 0.264 e. The van der Waals surface area contributed by atoms with Gasteiger partial charge in [0.15, 0.2) is 0 Å². The molecule has 2 atom stereocenters. The third-order valence-corrected chi connectivity index (χ3v) is 6.24. The van der Waals surface area contributed by atoms with Crippen molar-refractivity contribution in [2.75, 3.05) is 13.6 Å². The van der Waals surface area contributed by atoms with Crippen LogP contribution in [0.2, 0.25) is 0 Å². The standard InChI is InChI=1S/C13H21N3O3S2/c1-9(14)11-5-3-4-6-16(11)13(17)12-7-10(8-20-12)21(18,19)15-2/h7-9,11,15H,3-6,14H2,1-2H3/t9-,11-/m0/s1. The highest BCUT2D eigenvalue weighted by Gasteiger charge is 2.31. The first kappa shape index (κ1) is 16.4. The van der Waals surface area contributed by atoms with Gasteiger partial charge >= 0.3 is 0 Å². The van der Waals surface area contributed by atoms with Crippen LogP contribution in [-0.2, 0) is 10.0 Å². The number of hydrogen-bond acceptors (Lipinski definition) is 5. The van der Waals surface area contributed by atoms with Crippen LogP contribution in [0.4, 0.5) is 0 Å². The van der Waals surface area contributed by atoms with Crippen LogP contribution in [0.5, 0.6) is 0 Å². The topological polar surface area (TPSA) is 92.5 Å². The number of carbonyl (C=O) groups excluding carboxylic acids is 1. The predicted octanol–water partition coefficient (Wildman–Crippen LogP) is 0.998. The third kappa shape index (κ3) is 3.45. The van der Waals surface area contributed by atoms with Crippen molar-refractivity contribution in [1.82, 2.24) is 9.62 Å². The molecular weight excluding hydrogens is 310 g/mol. The zero-order valence-electron chi connectivity index (χ0n) is 12.2. The van der Waals surface area contributed by atoms with Crippen LogP contribution in [0.25, 0.3) is 0 Å². The van der Waals surface area contributed by atoms with E-state index in [4.69, 9.17) is 5.73 Å². The second-order valence-corrected chi connectivity index (χ2v) is 8.07. The summed E-state index contributed by atoms with van der Waals surface area (Å²) in [4.78, 5) is 15.0. The molecule has 0 aromatic carbocycles. The molecule has 0 radical (unpaired) electrons. The molecule has 0 bridgehead atoms. The molecule has 0 unspecified atom stereocenters. The Labute approximate surface area is 129 Å². The molecule has 2 heterocycles. The summed E-state index contributed by atoms with van der Waals surface area (Å²) in [5.41, 5.74) is 5.97. The van der Waals surface area contributed by atoms with Crippen LogP contribution in [0, 0.1) is 0 Å². The monoisotopic (exact) mass is 331 g/mol. The Morgan fingerprint density at radius 1 is 1.52 bits per heavy atom. The minimum atomic E-state index is -3.51. The second-order valence-electron chi connectivity index (χ2n) is 5.28. The molecule has 0 saturated carbocycles. The minimum Gasteiger partial charge on any atom is -0.333 e. The Hall–Kier alpha value is -0.960. The van der Waals surface area contributed by atoms with Gasteiger partial charge in [-0.2, -0.15) is 0 Å². The van der Waals surface area contributed by atoms with Gasteiger partial charge in [-0.25, -0.2) is 13.1 Å². The van der Waals surface area contributed by atoms with Gasteiger partial charge in [0.1, 0.15) is 0 Å². The lowest BCUT2D eigenvalue weighted by molar-refractivity contribution is 0.0588. The van der Waals surface area contributed by atoms with Gasteiger partial charge in [-0.05, 0) is 39.3 Å². The highest BCUT2D eigenvalue weighted by Crippen LogP contribution is 2.25. The maximum atomic E-state index is 12.6. The number of likely N-dealkylation sites (tertiary alicyclic amines) is 1. The highest BCUT2D eigenvalue weighted by atomic mass is 32.2. The molecule has 118 valence electrons. The molecule has 1 amide bonds. The lowest BCUT2D eigenvalue weighted by atomic mass is 9.97. The second kappa shape index (κ2) is 6.43. The summed E-state index contributed by atoms with van der Waals surface area (Å²) in [5.74, 6) is -0.125. The number of nitrogens with two attached hydrogens (primary N) is 1. The Bertz CT molecular complexity index is 610. The van der Waals surface area contributed by atoms with Crippen molar-refractivity contribution in [3.05, 3.63) is 16.3 Å². The van der Waals surface area contributed by atoms with Gasteiger partial charge < -0.3 is 10.6 Å². The van der Waals surface area contributed by atoms with Gasteiger partial charge in [0.25, 0.3) is 5.91 Å². The van der Waals surface area contributed by atoms with E-state index >= 15 is 0 Å². The molecule has 0 aliphatic carbocycles. The van der Waals surface area contributed by atoms with Crippen LogP contribution in [0.3, 0.4) is 0 Å². The van der Waals surface area contributed by atoms with Gasteiger partial charge in [-0.3, -0.25) is 4.79 Å². The summed E-state index contributed by atoms with van der Waals surface area (Å²) in [6.45, 7) is 2.58. The summed E-state index contributed by atoms with van der Waals surface area (Å²) in [6, 6.07) is 1.37. The number of nitrogens with zero attached hydrogens (tertiary/aromatic N) is 1. The van der Waals surface area contributed by atoms with E-state index in [9.17, 15) is 13.2 Å². The van der Waals surface area contributed by atoms with E-state index in [0.29, 0.717) is 11.4 Å². The number of carbonyl (C=O) groups is 1. The number of thiophene rings is 1. The molecule has 3 N–H and O–H groups in total. The summed E-state index contributed by atoms with van der Waals surface area (Å²) >= 11 is 1.16. The van der Waals surface area contributed by atoms with Crippen LogP contribution >= 0.6 is 11.3 Å². The molecule has 0 spiro atoms. The van der Waals surface area contributed by atoms with E-state index in [0.717, 1.165) is 30.6 Å². The zero-order valence-corrected chi connectivity index (χ0v) is 13.8. The number of rotatable bonds is 4. The fourth-order valence-electron chi connectivity index (χ4n) is 2.59. The van der Waals surface area contributed by atoms with Crippen molar-refractivity contribution < 1.29 is 13.2 Å². The Kier molecular flexibility index (Phi) is 5.03. The highest BCUT2D eigenvalue weighted by molar-refractivity contribution is 7.89. The van der Waals surface area contributed by atoms with E-state index < -0.39 is 10.0 Å². The number of piperidine rings is 1. The molecule has 8 heteroatoms. The maximum absolute atomic E-state index is 12.6. The minimum absolute atomic E-state index is 0.0257. The smallest absolute Gasteiger partial charge is 0.264 e. The summed E-state index contributed by atoms with van der Waals surface area (Å²) in [5, 5.41) is 1.49. The molecule has 21 heavy (non-hydrogen) atoms. The van der Waals surface area contributed by atoms with Crippen LogP contribution < -0.4 is 10.5 Å².